The van der Waals surface area contributed by atoms with Crippen molar-refractivity contribution in [1.29, 1.82) is 5.26 Å². The quantitative estimate of drug-likeness (QED) is 0.814. The van der Waals surface area contributed by atoms with E-state index in [-0.39, 0.29) is 0 Å². The van der Waals surface area contributed by atoms with E-state index in [1.807, 2.05) is 6.07 Å². The van der Waals surface area contributed by atoms with E-state index in [2.05, 4.69) is 40.1 Å². The molecule has 0 aliphatic heterocycles. The molecule has 0 amide bonds. The van der Waals surface area contributed by atoms with Gasteiger partial charge in [0.05, 0.1) is 12.5 Å². The Bertz CT molecular complexity index is 461. The normalized spacial score (nSPS) is 13.9. The minimum atomic E-state index is 0.540. The number of hydrogen-bond acceptors (Lipinski definition) is 5. The molecule has 0 spiro atoms. The van der Waals surface area contributed by atoms with Gasteiger partial charge in [0.1, 0.15) is 17.5 Å². The first kappa shape index (κ1) is 13.6. The number of nitriles is 1. The molecule has 1 aromatic heterocycles. The fraction of sp³-hybridized carbons (Fsp3) is 0.643. The van der Waals surface area contributed by atoms with Crippen LogP contribution in [0, 0.1) is 11.3 Å². The van der Waals surface area contributed by atoms with Gasteiger partial charge in [-0.1, -0.05) is 6.92 Å². The van der Waals surface area contributed by atoms with E-state index >= 15 is 0 Å². The zero-order valence-electron chi connectivity index (χ0n) is 11.7. The summed E-state index contributed by atoms with van der Waals surface area (Å²) in [6.07, 6.45) is 3.77. The fourth-order valence-corrected chi connectivity index (χ4v) is 2.10. The van der Waals surface area contributed by atoms with Crippen molar-refractivity contribution in [3.05, 3.63) is 11.9 Å². The summed E-state index contributed by atoms with van der Waals surface area (Å²) in [5, 5.41) is 12.0. The van der Waals surface area contributed by atoms with Crippen molar-refractivity contribution >= 4 is 11.6 Å². The third-order valence-electron chi connectivity index (χ3n) is 3.18. The molecule has 0 saturated heterocycles. The van der Waals surface area contributed by atoms with Gasteiger partial charge in [-0.25, -0.2) is 9.97 Å². The van der Waals surface area contributed by atoms with Crippen LogP contribution >= 0.6 is 0 Å². The molecule has 1 aromatic rings. The van der Waals surface area contributed by atoms with E-state index in [1.54, 1.807) is 0 Å². The average Bonchev–Trinajstić information content (AvgIpc) is 3.24. The van der Waals surface area contributed by atoms with Crippen LogP contribution < -0.4 is 10.2 Å². The van der Waals surface area contributed by atoms with E-state index in [1.165, 1.54) is 12.8 Å². The Hall–Kier alpha value is -1.83. The third kappa shape index (κ3) is 3.57. The average molecular weight is 259 g/mol. The van der Waals surface area contributed by atoms with Crippen molar-refractivity contribution in [1.82, 2.24) is 9.97 Å². The summed E-state index contributed by atoms with van der Waals surface area (Å²) in [6, 6.07) is 4.77. The zero-order valence-corrected chi connectivity index (χ0v) is 11.7. The van der Waals surface area contributed by atoms with Crippen molar-refractivity contribution in [2.24, 2.45) is 0 Å². The molecule has 2 rings (SSSR count). The fourth-order valence-electron chi connectivity index (χ4n) is 2.10. The molecule has 5 heteroatoms. The molecule has 1 fully saturated rings. The summed E-state index contributed by atoms with van der Waals surface area (Å²) >= 11 is 0. The first-order valence-electron chi connectivity index (χ1n) is 7.03. The highest BCUT2D eigenvalue weighted by molar-refractivity contribution is 5.51. The molecule has 19 heavy (non-hydrogen) atoms. The third-order valence-corrected chi connectivity index (χ3v) is 3.18. The van der Waals surface area contributed by atoms with Crippen LogP contribution in [0.15, 0.2) is 6.07 Å². The van der Waals surface area contributed by atoms with Crippen LogP contribution in [-0.4, -0.2) is 29.1 Å². The molecule has 1 N–H and O–H groups in total. The predicted molar refractivity (Wildman–Crippen MR) is 76.2 cm³/mol. The lowest BCUT2D eigenvalue weighted by molar-refractivity contribution is 0.766. The molecule has 0 aromatic carbocycles. The molecule has 1 aliphatic rings. The van der Waals surface area contributed by atoms with E-state index in [0.29, 0.717) is 12.5 Å². The van der Waals surface area contributed by atoms with E-state index in [4.69, 9.17) is 5.26 Å². The van der Waals surface area contributed by atoms with Crippen LogP contribution in [-0.2, 0) is 6.42 Å². The second kappa shape index (κ2) is 6.37. The van der Waals surface area contributed by atoms with Crippen molar-refractivity contribution in [3.63, 3.8) is 0 Å². The van der Waals surface area contributed by atoms with Crippen LogP contribution in [0.5, 0.6) is 0 Å². The van der Waals surface area contributed by atoms with Crippen molar-refractivity contribution in [2.75, 3.05) is 23.3 Å². The number of nitrogens with zero attached hydrogens (tertiary/aromatic N) is 4. The summed E-state index contributed by atoms with van der Waals surface area (Å²) < 4.78 is 0. The Morgan fingerprint density at radius 1 is 1.42 bits per heavy atom. The Kier molecular flexibility index (Phi) is 4.56. The largest absolute Gasteiger partial charge is 0.370 e. The topological polar surface area (TPSA) is 64.8 Å². The standard InChI is InChI=1S/C14H21N5/c1-3-12-17-13(16-4-2)10-14(18-12)19(9-5-8-15)11-6-7-11/h10-11H,3-7,9H2,1-2H3,(H,16,17,18). The number of anilines is 2. The Morgan fingerprint density at radius 3 is 2.79 bits per heavy atom. The Balaban J connectivity index is 2.24. The summed E-state index contributed by atoms with van der Waals surface area (Å²) in [5.74, 6) is 2.70. The molecular weight excluding hydrogens is 238 g/mol. The highest BCUT2D eigenvalue weighted by atomic mass is 15.2. The number of aryl methyl sites for hydroxylation is 1. The van der Waals surface area contributed by atoms with E-state index in [9.17, 15) is 0 Å². The van der Waals surface area contributed by atoms with Crippen molar-refractivity contribution < 1.29 is 0 Å². The predicted octanol–water partition coefficient (Wildman–Crippen LogP) is 2.35. The maximum atomic E-state index is 8.78. The first-order chi connectivity index (χ1) is 9.28. The molecule has 0 atom stereocenters. The van der Waals surface area contributed by atoms with Crippen LogP contribution in [0.25, 0.3) is 0 Å². The summed E-state index contributed by atoms with van der Waals surface area (Å²) in [6.45, 7) is 5.72. The monoisotopic (exact) mass is 259 g/mol. The highest BCUT2D eigenvalue weighted by Crippen LogP contribution is 2.31. The molecule has 0 radical (unpaired) electrons. The summed E-state index contributed by atoms with van der Waals surface area (Å²) in [7, 11) is 0. The maximum Gasteiger partial charge on any atom is 0.134 e. The van der Waals surface area contributed by atoms with E-state index in [0.717, 1.165) is 37.0 Å². The SMILES string of the molecule is CCNc1cc(N(CCC#N)C2CC2)nc(CC)n1. The van der Waals surface area contributed by atoms with Gasteiger partial charge in [0.15, 0.2) is 0 Å². The Labute approximate surface area is 114 Å². The second-order valence-corrected chi connectivity index (χ2v) is 4.74. The first-order valence-corrected chi connectivity index (χ1v) is 7.03. The zero-order chi connectivity index (χ0) is 13.7. The van der Waals surface area contributed by atoms with E-state index < -0.39 is 0 Å². The number of hydrogen-bond donors (Lipinski definition) is 1. The summed E-state index contributed by atoms with van der Waals surface area (Å²) in [5.41, 5.74) is 0. The molecule has 102 valence electrons. The van der Waals surface area contributed by atoms with Gasteiger partial charge >= 0.3 is 0 Å². The minimum Gasteiger partial charge on any atom is -0.370 e. The van der Waals surface area contributed by atoms with Crippen LogP contribution in [0.4, 0.5) is 11.6 Å². The van der Waals surface area contributed by atoms with Gasteiger partial charge in [-0.05, 0) is 19.8 Å². The van der Waals surface area contributed by atoms with Crippen LogP contribution in [0.2, 0.25) is 0 Å². The lowest BCUT2D eigenvalue weighted by Gasteiger charge is -2.23. The van der Waals surface area contributed by atoms with Crippen molar-refractivity contribution in [3.8, 4) is 6.07 Å². The second-order valence-electron chi connectivity index (χ2n) is 4.74. The van der Waals surface area contributed by atoms with Gasteiger partial charge in [-0.3, -0.25) is 0 Å². The number of nitrogens with one attached hydrogen (secondary N) is 1. The maximum absolute atomic E-state index is 8.78. The van der Waals surface area contributed by atoms with Gasteiger partial charge in [-0.15, -0.1) is 0 Å². The van der Waals surface area contributed by atoms with Gasteiger partial charge in [0.25, 0.3) is 0 Å². The summed E-state index contributed by atoms with van der Waals surface area (Å²) in [4.78, 5) is 11.3. The minimum absolute atomic E-state index is 0.540. The lowest BCUT2D eigenvalue weighted by atomic mass is 10.3. The van der Waals surface area contributed by atoms with Crippen molar-refractivity contribution in [2.45, 2.75) is 45.6 Å². The molecule has 1 heterocycles. The molecule has 1 saturated carbocycles. The Morgan fingerprint density at radius 2 is 2.21 bits per heavy atom. The number of aromatic nitrogens is 2. The molecule has 5 nitrogen and oxygen atoms in total. The van der Waals surface area contributed by atoms with Crippen LogP contribution in [0.1, 0.15) is 38.9 Å². The molecule has 1 aliphatic carbocycles. The smallest absolute Gasteiger partial charge is 0.134 e. The molecular formula is C14H21N5. The molecule has 0 unspecified atom stereocenters. The highest BCUT2D eigenvalue weighted by Gasteiger charge is 2.30. The van der Waals surface area contributed by atoms with Crippen LogP contribution in [0.3, 0.4) is 0 Å². The van der Waals surface area contributed by atoms with Gasteiger partial charge < -0.3 is 10.2 Å². The van der Waals surface area contributed by atoms with Gasteiger partial charge in [0, 0.05) is 31.6 Å². The van der Waals surface area contributed by atoms with Gasteiger partial charge in [0.2, 0.25) is 0 Å². The molecule has 0 bridgehead atoms. The lowest BCUT2D eigenvalue weighted by Crippen LogP contribution is -2.28. The number of rotatable bonds is 7. The van der Waals surface area contributed by atoms with Gasteiger partial charge in [-0.2, -0.15) is 5.26 Å².